The van der Waals surface area contributed by atoms with Gasteiger partial charge in [-0.1, -0.05) is 13.8 Å². The van der Waals surface area contributed by atoms with Crippen LogP contribution in [0.3, 0.4) is 0 Å². The first-order chi connectivity index (χ1) is 9.53. The Bertz CT molecular complexity index is 475. The maximum absolute atomic E-state index is 12.7. The minimum Gasteiger partial charge on any atom is -0.388 e. The van der Waals surface area contributed by atoms with Crippen molar-refractivity contribution >= 4 is 11.8 Å². The van der Waals surface area contributed by atoms with Gasteiger partial charge in [-0.25, -0.2) is 4.98 Å². The van der Waals surface area contributed by atoms with Crippen molar-refractivity contribution in [3.05, 3.63) is 11.8 Å². The van der Waals surface area contributed by atoms with Crippen LogP contribution in [0.5, 0.6) is 0 Å². The average Bonchev–Trinajstić information content (AvgIpc) is 2.33. The molecule has 21 heavy (non-hydrogen) atoms. The molecule has 0 radical (unpaired) electrons. The number of aromatic nitrogens is 2. The van der Waals surface area contributed by atoms with Crippen LogP contribution in [0.4, 0.5) is 24.9 Å². The quantitative estimate of drug-likeness (QED) is 0.754. The standard InChI is InChI=1S/C13H21F3N4O/c1-8(2)6-12(3,21)7-18-10-5-9(13(14,15)16)19-11(17-4)20-10/h5,8,21H,6-7H2,1-4H3,(H2,17,18,19,20). The highest BCUT2D eigenvalue weighted by atomic mass is 19.4. The minimum absolute atomic E-state index is 0.0192. The van der Waals surface area contributed by atoms with E-state index in [4.69, 9.17) is 0 Å². The third kappa shape index (κ3) is 5.74. The first-order valence-electron chi connectivity index (χ1n) is 6.64. The molecule has 3 N–H and O–H groups in total. The van der Waals surface area contributed by atoms with Gasteiger partial charge in [0, 0.05) is 19.7 Å². The lowest BCUT2D eigenvalue weighted by Gasteiger charge is -2.26. The van der Waals surface area contributed by atoms with Crippen LogP contribution in [0.25, 0.3) is 0 Å². The molecule has 8 heteroatoms. The third-order valence-corrected chi connectivity index (χ3v) is 2.74. The van der Waals surface area contributed by atoms with E-state index >= 15 is 0 Å². The van der Waals surface area contributed by atoms with E-state index in [-0.39, 0.29) is 24.2 Å². The summed E-state index contributed by atoms with van der Waals surface area (Å²) in [5, 5.41) is 15.4. The molecule has 0 aliphatic rings. The lowest BCUT2D eigenvalue weighted by molar-refractivity contribution is -0.141. The smallest absolute Gasteiger partial charge is 0.388 e. The summed E-state index contributed by atoms with van der Waals surface area (Å²) in [6, 6.07) is 0.826. The molecule has 0 aromatic carbocycles. The molecule has 5 nitrogen and oxygen atoms in total. The summed E-state index contributed by atoms with van der Waals surface area (Å²) in [7, 11) is 1.44. The molecule has 120 valence electrons. The molecular formula is C13H21F3N4O. The molecule has 1 rings (SSSR count). The van der Waals surface area contributed by atoms with Crippen molar-refractivity contribution in [1.29, 1.82) is 0 Å². The highest BCUT2D eigenvalue weighted by Gasteiger charge is 2.34. The largest absolute Gasteiger partial charge is 0.433 e. The van der Waals surface area contributed by atoms with Gasteiger partial charge in [0.15, 0.2) is 5.69 Å². The summed E-state index contributed by atoms with van der Waals surface area (Å²) in [5.74, 6) is 0.160. The number of aliphatic hydroxyl groups is 1. The number of hydrogen-bond donors (Lipinski definition) is 3. The Morgan fingerprint density at radius 3 is 2.38 bits per heavy atom. The van der Waals surface area contributed by atoms with E-state index in [1.165, 1.54) is 7.05 Å². The van der Waals surface area contributed by atoms with Gasteiger partial charge in [0.2, 0.25) is 5.95 Å². The van der Waals surface area contributed by atoms with Gasteiger partial charge >= 0.3 is 6.18 Å². The van der Waals surface area contributed by atoms with E-state index in [0.29, 0.717) is 6.42 Å². The first kappa shape index (κ1) is 17.5. The monoisotopic (exact) mass is 306 g/mol. The fraction of sp³-hybridized carbons (Fsp3) is 0.692. The van der Waals surface area contributed by atoms with Crippen molar-refractivity contribution in [3.63, 3.8) is 0 Å². The number of halogens is 3. The number of nitrogens with one attached hydrogen (secondary N) is 2. The minimum atomic E-state index is -4.55. The van der Waals surface area contributed by atoms with Gasteiger partial charge < -0.3 is 15.7 Å². The second kappa shape index (κ2) is 6.46. The van der Waals surface area contributed by atoms with Gasteiger partial charge in [-0.3, -0.25) is 0 Å². The van der Waals surface area contributed by atoms with Crippen molar-refractivity contribution in [1.82, 2.24) is 9.97 Å². The summed E-state index contributed by atoms with van der Waals surface area (Å²) in [6.45, 7) is 5.65. The predicted molar refractivity (Wildman–Crippen MR) is 75.1 cm³/mol. The molecule has 0 bridgehead atoms. The van der Waals surface area contributed by atoms with Crippen molar-refractivity contribution in [2.45, 2.75) is 39.0 Å². The molecule has 1 aromatic rings. The number of anilines is 2. The molecule has 0 fully saturated rings. The van der Waals surface area contributed by atoms with E-state index in [1.54, 1.807) is 6.92 Å². The molecule has 0 aliphatic carbocycles. The number of rotatable bonds is 6. The predicted octanol–water partition coefficient (Wildman–Crippen LogP) is 2.75. The second-order valence-electron chi connectivity index (χ2n) is 5.66. The summed E-state index contributed by atoms with van der Waals surface area (Å²) < 4.78 is 38.2. The molecule has 0 saturated carbocycles. The highest BCUT2D eigenvalue weighted by Crippen LogP contribution is 2.29. The molecule has 1 aromatic heterocycles. The van der Waals surface area contributed by atoms with Crippen molar-refractivity contribution in [2.75, 3.05) is 24.2 Å². The average molecular weight is 306 g/mol. The van der Waals surface area contributed by atoms with Crippen molar-refractivity contribution in [2.24, 2.45) is 5.92 Å². The van der Waals surface area contributed by atoms with Gasteiger partial charge in [0.05, 0.1) is 5.60 Å². The molecule has 0 spiro atoms. The number of alkyl halides is 3. The molecule has 0 aliphatic heterocycles. The molecular weight excluding hydrogens is 285 g/mol. The van der Waals surface area contributed by atoms with Crippen LogP contribution in [0.1, 0.15) is 32.9 Å². The highest BCUT2D eigenvalue weighted by molar-refractivity contribution is 5.43. The molecule has 1 atom stereocenters. The maximum Gasteiger partial charge on any atom is 0.433 e. The Kier molecular flexibility index (Phi) is 5.38. The van der Waals surface area contributed by atoms with Gasteiger partial charge in [0.25, 0.3) is 0 Å². The van der Waals surface area contributed by atoms with Crippen molar-refractivity contribution in [3.8, 4) is 0 Å². The summed E-state index contributed by atoms with van der Waals surface area (Å²) in [6.07, 6.45) is -4.03. The summed E-state index contributed by atoms with van der Waals surface area (Å²) >= 11 is 0. The Labute approximate surface area is 122 Å². The third-order valence-electron chi connectivity index (χ3n) is 2.74. The fourth-order valence-electron chi connectivity index (χ4n) is 2.03. The van der Waals surface area contributed by atoms with Crippen LogP contribution >= 0.6 is 0 Å². The Hall–Kier alpha value is -1.57. The number of nitrogens with zero attached hydrogens (tertiary/aromatic N) is 2. The van der Waals surface area contributed by atoms with Gasteiger partial charge in [-0.2, -0.15) is 18.2 Å². The van der Waals surface area contributed by atoms with Crippen LogP contribution in [0.2, 0.25) is 0 Å². The first-order valence-corrected chi connectivity index (χ1v) is 6.64. The number of hydrogen-bond acceptors (Lipinski definition) is 5. The zero-order valence-corrected chi connectivity index (χ0v) is 12.5. The van der Waals surface area contributed by atoms with E-state index in [9.17, 15) is 18.3 Å². The van der Waals surface area contributed by atoms with Crippen LogP contribution in [-0.2, 0) is 6.18 Å². The van der Waals surface area contributed by atoms with Crippen LogP contribution in [0, 0.1) is 5.92 Å². The van der Waals surface area contributed by atoms with E-state index in [1.807, 2.05) is 13.8 Å². The molecule has 1 unspecified atom stereocenters. The van der Waals surface area contributed by atoms with Gasteiger partial charge in [-0.15, -0.1) is 0 Å². The Balaban J connectivity index is 2.88. The lowest BCUT2D eigenvalue weighted by atomic mass is 9.94. The zero-order chi connectivity index (χ0) is 16.3. The molecule has 0 amide bonds. The second-order valence-corrected chi connectivity index (χ2v) is 5.66. The topological polar surface area (TPSA) is 70.1 Å². The van der Waals surface area contributed by atoms with Gasteiger partial charge in [0.1, 0.15) is 5.82 Å². The van der Waals surface area contributed by atoms with E-state index < -0.39 is 17.5 Å². The fourth-order valence-corrected chi connectivity index (χ4v) is 2.03. The van der Waals surface area contributed by atoms with Gasteiger partial charge in [-0.05, 0) is 19.3 Å². The van der Waals surface area contributed by atoms with Crippen LogP contribution < -0.4 is 10.6 Å². The molecule has 0 saturated heterocycles. The zero-order valence-electron chi connectivity index (χ0n) is 12.5. The summed E-state index contributed by atoms with van der Waals surface area (Å²) in [5.41, 5.74) is -2.06. The summed E-state index contributed by atoms with van der Waals surface area (Å²) in [4.78, 5) is 7.27. The Morgan fingerprint density at radius 2 is 1.90 bits per heavy atom. The molecule has 1 heterocycles. The maximum atomic E-state index is 12.7. The van der Waals surface area contributed by atoms with Crippen LogP contribution in [-0.4, -0.2) is 34.3 Å². The Morgan fingerprint density at radius 1 is 1.29 bits per heavy atom. The SMILES string of the molecule is CNc1nc(NCC(C)(O)CC(C)C)cc(C(F)(F)F)n1. The normalized spacial score (nSPS) is 14.9. The van der Waals surface area contributed by atoms with Crippen LogP contribution in [0.15, 0.2) is 6.07 Å². The van der Waals surface area contributed by atoms with E-state index in [2.05, 4.69) is 20.6 Å². The lowest BCUT2D eigenvalue weighted by Crippen LogP contribution is -2.35. The van der Waals surface area contributed by atoms with E-state index in [0.717, 1.165) is 6.07 Å². The van der Waals surface area contributed by atoms with Crippen molar-refractivity contribution < 1.29 is 18.3 Å².